The number of non-ortho nitro benzene ring substituents is 1. The van der Waals surface area contributed by atoms with Gasteiger partial charge in [-0.3, -0.25) is 31.1 Å². The predicted octanol–water partition coefficient (Wildman–Crippen LogP) is 2.33. The number of para-hydroxylation sites is 1. The predicted molar refractivity (Wildman–Crippen MR) is 102 cm³/mol. The lowest BCUT2D eigenvalue weighted by atomic mass is 10.2. The van der Waals surface area contributed by atoms with Crippen LogP contribution in [0.1, 0.15) is 10.4 Å². The summed E-state index contributed by atoms with van der Waals surface area (Å²) in [6, 6.07) is 13.8. The molecule has 10 heteroatoms. The fourth-order valence-corrected chi connectivity index (χ4v) is 2.36. The van der Waals surface area contributed by atoms with E-state index >= 15 is 0 Å². The van der Waals surface area contributed by atoms with Crippen molar-refractivity contribution in [1.29, 1.82) is 0 Å². The topological polar surface area (TPSA) is 127 Å². The van der Waals surface area contributed by atoms with Gasteiger partial charge in [-0.05, 0) is 36.5 Å². The van der Waals surface area contributed by atoms with Crippen molar-refractivity contribution in [3.63, 3.8) is 0 Å². The van der Waals surface area contributed by atoms with Gasteiger partial charge in [0.05, 0.1) is 10.6 Å². The Balaban J connectivity index is 1.64. The number of nitrogens with zero attached hydrogens (tertiary/aromatic N) is 1. The van der Waals surface area contributed by atoms with Crippen molar-refractivity contribution in [2.45, 2.75) is 0 Å². The molecule has 0 saturated carbocycles. The average molecular weight is 384 g/mol. The normalized spacial score (nSPS) is 10.2. The number of thiocarbonyl (C=S) groups is 1. The summed E-state index contributed by atoms with van der Waals surface area (Å²) in [4.78, 5) is 34.3. The Hall–Kier alpha value is -3.79. The number of hydrazine groups is 1. The number of benzene rings is 2. The summed E-state index contributed by atoms with van der Waals surface area (Å²) < 4.78 is 5.10. The van der Waals surface area contributed by atoms with Gasteiger partial charge >= 0.3 is 5.63 Å². The summed E-state index contributed by atoms with van der Waals surface area (Å²) in [6.45, 7) is 0. The molecule has 9 nitrogen and oxygen atoms in total. The van der Waals surface area contributed by atoms with Gasteiger partial charge in [0.25, 0.3) is 11.6 Å². The van der Waals surface area contributed by atoms with Crippen molar-refractivity contribution in [3.05, 3.63) is 80.7 Å². The number of amides is 1. The van der Waals surface area contributed by atoms with Gasteiger partial charge in [0.2, 0.25) is 0 Å². The quantitative estimate of drug-likeness (QED) is 0.271. The molecule has 0 aliphatic rings. The number of carbonyl (C=O) groups excluding carboxylic acids is 1. The highest BCUT2D eigenvalue weighted by Gasteiger charge is 2.15. The van der Waals surface area contributed by atoms with E-state index in [4.69, 9.17) is 16.6 Å². The van der Waals surface area contributed by atoms with Crippen molar-refractivity contribution in [3.8, 4) is 0 Å². The zero-order valence-electron chi connectivity index (χ0n) is 13.6. The molecule has 3 aromatic rings. The summed E-state index contributed by atoms with van der Waals surface area (Å²) in [6.07, 6.45) is 0. The van der Waals surface area contributed by atoms with Crippen LogP contribution in [0.3, 0.4) is 0 Å². The third kappa shape index (κ3) is 4.25. The Morgan fingerprint density at radius 3 is 2.52 bits per heavy atom. The van der Waals surface area contributed by atoms with Crippen LogP contribution in [0.25, 0.3) is 11.0 Å². The Morgan fingerprint density at radius 1 is 1.11 bits per heavy atom. The average Bonchev–Trinajstić information content (AvgIpc) is 2.66. The van der Waals surface area contributed by atoms with Crippen LogP contribution in [-0.4, -0.2) is 15.9 Å². The molecule has 0 radical (unpaired) electrons. The first-order valence-electron chi connectivity index (χ1n) is 7.59. The van der Waals surface area contributed by atoms with Crippen molar-refractivity contribution in [2.75, 3.05) is 5.43 Å². The summed E-state index contributed by atoms with van der Waals surface area (Å²) in [5, 5.41) is 13.5. The van der Waals surface area contributed by atoms with Crippen LogP contribution in [-0.2, 0) is 0 Å². The zero-order chi connectivity index (χ0) is 19.4. The molecular formula is C17H12N4O5S. The van der Waals surface area contributed by atoms with Gasteiger partial charge in [-0.15, -0.1) is 0 Å². The van der Waals surface area contributed by atoms with Gasteiger partial charge in [-0.1, -0.05) is 18.2 Å². The van der Waals surface area contributed by atoms with Crippen molar-refractivity contribution >= 4 is 45.6 Å². The minimum atomic E-state index is -0.780. The third-order valence-corrected chi connectivity index (χ3v) is 3.72. The number of nitro benzene ring substituents is 1. The van der Waals surface area contributed by atoms with Gasteiger partial charge in [-0.2, -0.15) is 0 Å². The van der Waals surface area contributed by atoms with E-state index in [0.717, 1.165) is 0 Å². The number of hydrogen-bond acceptors (Lipinski definition) is 7. The van der Waals surface area contributed by atoms with Gasteiger partial charge < -0.3 is 4.42 Å². The molecule has 0 aliphatic carbocycles. The molecule has 1 heterocycles. The van der Waals surface area contributed by atoms with E-state index in [9.17, 15) is 19.7 Å². The number of rotatable bonds is 4. The molecule has 0 atom stereocenters. The zero-order valence-corrected chi connectivity index (χ0v) is 14.4. The standard InChI is InChI=1S/C17H12N4O5S/c22-15(13-9-10-3-1-2-4-14(10)26-16(13)23)18-17(27)20-19-11-5-7-12(8-6-11)21(24)25/h1-9,19H,(H2,18,20,22,27). The van der Waals surface area contributed by atoms with Crippen molar-refractivity contribution in [2.24, 2.45) is 0 Å². The minimum absolute atomic E-state index is 0.0561. The number of carbonyl (C=O) groups is 1. The lowest BCUT2D eigenvalue weighted by molar-refractivity contribution is -0.384. The van der Waals surface area contributed by atoms with Crippen LogP contribution in [0.15, 0.2) is 63.8 Å². The van der Waals surface area contributed by atoms with Crippen molar-refractivity contribution in [1.82, 2.24) is 10.7 Å². The van der Waals surface area contributed by atoms with E-state index in [-0.39, 0.29) is 16.4 Å². The summed E-state index contributed by atoms with van der Waals surface area (Å²) >= 11 is 4.99. The van der Waals surface area contributed by atoms with Crippen LogP contribution < -0.4 is 21.8 Å². The Kier molecular flexibility index (Phi) is 5.08. The fraction of sp³-hybridized carbons (Fsp3) is 0. The van der Waals surface area contributed by atoms with Gasteiger partial charge in [0.1, 0.15) is 11.1 Å². The molecule has 3 rings (SSSR count). The van der Waals surface area contributed by atoms with Crippen LogP contribution in [0, 0.1) is 10.1 Å². The van der Waals surface area contributed by atoms with E-state index in [1.165, 1.54) is 30.3 Å². The molecule has 0 aliphatic heterocycles. The number of hydrogen-bond donors (Lipinski definition) is 3. The van der Waals surface area contributed by atoms with Crippen LogP contribution in [0.2, 0.25) is 0 Å². The van der Waals surface area contributed by atoms with E-state index in [1.54, 1.807) is 24.3 Å². The van der Waals surface area contributed by atoms with E-state index in [1.807, 2.05) is 0 Å². The number of nitrogens with one attached hydrogen (secondary N) is 3. The van der Waals surface area contributed by atoms with Crippen LogP contribution in [0.4, 0.5) is 11.4 Å². The maximum Gasteiger partial charge on any atom is 0.349 e. The molecule has 0 saturated heterocycles. The number of fused-ring (bicyclic) bond motifs is 1. The van der Waals surface area contributed by atoms with E-state index in [0.29, 0.717) is 16.7 Å². The molecule has 0 spiro atoms. The smallest absolute Gasteiger partial charge is 0.349 e. The fourth-order valence-electron chi connectivity index (χ4n) is 2.22. The van der Waals surface area contributed by atoms with Gasteiger partial charge in [0, 0.05) is 17.5 Å². The molecule has 3 N–H and O–H groups in total. The maximum absolute atomic E-state index is 12.2. The lowest BCUT2D eigenvalue weighted by Crippen LogP contribution is -2.43. The minimum Gasteiger partial charge on any atom is -0.422 e. The van der Waals surface area contributed by atoms with E-state index < -0.39 is 16.5 Å². The first-order chi connectivity index (χ1) is 12.9. The first kappa shape index (κ1) is 18.0. The molecule has 2 aromatic carbocycles. The maximum atomic E-state index is 12.2. The molecule has 27 heavy (non-hydrogen) atoms. The molecule has 0 unspecified atom stereocenters. The second-order valence-electron chi connectivity index (χ2n) is 5.32. The van der Waals surface area contributed by atoms with Crippen LogP contribution in [0.5, 0.6) is 0 Å². The van der Waals surface area contributed by atoms with Crippen molar-refractivity contribution < 1.29 is 14.1 Å². The Morgan fingerprint density at radius 2 is 1.81 bits per heavy atom. The molecule has 0 bridgehead atoms. The van der Waals surface area contributed by atoms with Gasteiger partial charge in [-0.25, -0.2) is 4.79 Å². The summed E-state index contributed by atoms with van der Waals surface area (Å²) in [5.74, 6) is -0.725. The highest BCUT2D eigenvalue weighted by molar-refractivity contribution is 7.80. The lowest BCUT2D eigenvalue weighted by Gasteiger charge is -2.11. The van der Waals surface area contributed by atoms with Gasteiger partial charge in [0.15, 0.2) is 5.11 Å². The highest BCUT2D eigenvalue weighted by Crippen LogP contribution is 2.14. The van der Waals surface area contributed by atoms with Crippen LogP contribution >= 0.6 is 12.2 Å². The number of anilines is 1. The molecule has 136 valence electrons. The first-order valence-corrected chi connectivity index (χ1v) is 7.99. The largest absolute Gasteiger partial charge is 0.422 e. The molecule has 0 fully saturated rings. The highest BCUT2D eigenvalue weighted by atomic mass is 32.1. The summed E-state index contributed by atoms with van der Waals surface area (Å²) in [5.41, 5.74) is 5.07. The Labute approximate surface area is 157 Å². The monoisotopic (exact) mass is 384 g/mol. The SMILES string of the molecule is O=C(NC(=S)NNc1ccc([N+](=O)[O-])cc1)c1cc2ccccc2oc1=O. The Bertz CT molecular complexity index is 1090. The molecular weight excluding hydrogens is 372 g/mol. The number of nitro groups is 1. The van der Waals surface area contributed by atoms with E-state index in [2.05, 4.69) is 16.2 Å². The third-order valence-electron chi connectivity index (χ3n) is 3.51. The second kappa shape index (κ2) is 7.62. The summed E-state index contributed by atoms with van der Waals surface area (Å²) in [7, 11) is 0. The second-order valence-corrected chi connectivity index (χ2v) is 5.73. The molecule has 1 aromatic heterocycles. The molecule has 1 amide bonds.